The van der Waals surface area contributed by atoms with Crippen LogP contribution >= 0.6 is 0 Å². The highest BCUT2D eigenvalue weighted by Gasteiger charge is 2.31. The van der Waals surface area contributed by atoms with Gasteiger partial charge in [0, 0.05) is 5.56 Å². The van der Waals surface area contributed by atoms with Gasteiger partial charge in [-0.2, -0.15) is 17.9 Å². The van der Waals surface area contributed by atoms with Crippen molar-refractivity contribution in [3.63, 3.8) is 0 Å². The van der Waals surface area contributed by atoms with Gasteiger partial charge in [-0.15, -0.1) is 0 Å². The maximum atomic E-state index is 12.7. The molecule has 166 valence electrons. The Morgan fingerprint density at radius 1 is 1.03 bits per heavy atom. The fourth-order valence-electron chi connectivity index (χ4n) is 2.36. The first-order valence-corrected chi connectivity index (χ1v) is 10.1. The van der Waals surface area contributed by atoms with E-state index >= 15 is 0 Å². The molecule has 0 unspecified atom stereocenters. The van der Waals surface area contributed by atoms with Crippen molar-refractivity contribution < 1.29 is 40.7 Å². The number of anilines is 1. The number of ether oxygens (including phenoxy) is 1. The molecule has 2 aromatic carbocycles. The van der Waals surface area contributed by atoms with Crippen LogP contribution in [0.5, 0.6) is 0 Å². The van der Waals surface area contributed by atoms with E-state index in [0.717, 1.165) is 12.1 Å². The molecule has 12 heteroatoms. The number of amides is 1. The van der Waals surface area contributed by atoms with Crippen molar-refractivity contribution in [1.82, 2.24) is 4.72 Å². The van der Waals surface area contributed by atoms with Crippen LogP contribution in [0, 0.1) is 0 Å². The van der Waals surface area contributed by atoms with Crippen molar-refractivity contribution in [3.05, 3.63) is 59.7 Å². The van der Waals surface area contributed by atoms with Crippen molar-refractivity contribution in [2.75, 3.05) is 18.5 Å². The number of carbonyl (C=O) groups excluding carboxylic acids is 3. The van der Waals surface area contributed by atoms with Crippen molar-refractivity contribution in [2.24, 2.45) is 0 Å². The normalized spacial score (nSPS) is 11.6. The summed E-state index contributed by atoms with van der Waals surface area (Å²) in [5, 5.41) is 2.38. The number of benzene rings is 2. The molecule has 0 bridgehead atoms. The molecule has 0 aliphatic carbocycles. The topological polar surface area (TPSA) is 119 Å². The molecular formula is C19H17F3N2O6S. The second kappa shape index (κ2) is 9.71. The second-order valence-corrected chi connectivity index (χ2v) is 7.93. The van der Waals surface area contributed by atoms with E-state index < -0.39 is 51.7 Å². The molecule has 2 N–H and O–H groups in total. The van der Waals surface area contributed by atoms with Gasteiger partial charge < -0.3 is 10.1 Å². The molecule has 8 nitrogen and oxygen atoms in total. The van der Waals surface area contributed by atoms with E-state index in [1.165, 1.54) is 19.1 Å². The van der Waals surface area contributed by atoms with Crippen LogP contribution in [0.25, 0.3) is 0 Å². The van der Waals surface area contributed by atoms with Gasteiger partial charge in [-0.3, -0.25) is 14.4 Å². The lowest BCUT2D eigenvalue weighted by molar-refractivity contribution is -0.146. The summed E-state index contributed by atoms with van der Waals surface area (Å²) in [6, 6.07) is 9.12. The highest BCUT2D eigenvalue weighted by atomic mass is 32.2. The number of hydrogen-bond acceptors (Lipinski definition) is 6. The van der Waals surface area contributed by atoms with Gasteiger partial charge in [-0.05, 0) is 37.3 Å². The van der Waals surface area contributed by atoms with E-state index in [1.54, 1.807) is 16.9 Å². The number of rotatable bonds is 8. The van der Waals surface area contributed by atoms with Crippen LogP contribution in [0.15, 0.2) is 53.4 Å². The van der Waals surface area contributed by atoms with Crippen LogP contribution in [0.2, 0.25) is 0 Å². The van der Waals surface area contributed by atoms with Gasteiger partial charge >= 0.3 is 12.1 Å². The van der Waals surface area contributed by atoms with Gasteiger partial charge in [0.25, 0.3) is 5.91 Å². The van der Waals surface area contributed by atoms with E-state index in [-0.39, 0.29) is 17.0 Å². The van der Waals surface area contributed by atoms with Crippen molar-refractivity contribution in [2.45, 2.75) is 18.0 Å². The Kier molecular flexibility index (Phi) is 7.52. The number of Topliss-reactive ketones (excluding diaryl/α,β-unsaturated/α-hetero) is 1. The van der Waals surface area contributed by atoms with Crippen molar-refractivity contribution >= 4 is 33.4 Å². The monoisotopic (exact) mass is 458 g/mol. The molecule has 0 heterocycles. The number of alkyl halides is 3. The molecule has 0 aromatic heterocycles. The molecule has 0 aliphatic heterocycles. The summed E-state index contributed by atoms with van der Waals surface area (Å²) in [4.78, 5) is 34.5. The predicted molar refractivity (Wildman–Crippen MR) is 103 cm³/mol. The van der Waals surface area contributed by atoms with Crippen LogP contribution in [-0.2, 0) is 30.5 Å². The van der Waals surface area contributed by atoms with Crippen LogP contribution in [0.1, 0.15) is 22.8 Å². The van der Waals surface area contributed by atoms with Crippen molar-refractivity contribution in [1.29, 1.82) is 0 Å². The Labute approximate surface area is 175 Å². The minimum absolute atomic E-state index is 0.210. The maximum absolute atomic E-state index is 12.7. The second-order valence-electron chi connectivity index (χ2n) is 6.16. The van der Waals surface area contributed by atoms with E-state index in [4.69, 9.17) is 0 Å². The van der Waals surface area contributed by atoms with E-state index in [9.17, 15) is 36.0 Å². The van der Waals surface area contributed by atoms with Crippen molar-refractivity contribution in [3.8, 4) is 0 Å². The lowest BCUT2D eigenvalue weighted by Crippen LogP contribution is -2.32. The first-order chi connectivity index (χ1) is 14.4. The number of hydrogen-bond donors (Lipinski definition) is 2. The number of sulfonamides is 1. The zero-order chi connectivity index (χ0) is 23.2. The standard InChI is InChI=1S/C19H17F3N2O6S/c1-12(25)15-7-2-3-8-16(15)24-17(26)11-30-18(27)10-23-31(28,29)14-6-4-5-13(9-14)19(20,21)22/h2-9,23H,10-11H2,1H3,(H,24,26). The quantitative estimate of drug-likeness (QED) is 0.463. The van der Waals surface area contributed by atoms with Gasteiger partial charge in [0.2, 0.25) is 10.0 Å². The maximum Gasteiger partial charge on any atom is 0.416 e. The Hall–Kier alpha value is -3.25. The van der Waals surface area contributed by atoms with E-state index in [2.05, 4.69) is 10.1 Å². The third-order valence-electron chi connectivity index (χ3n) is 3.82. The van der Waals surface area contributed by atoms with E-state index in [0.29, 0.717) is 12.1 Å². The Morgan fingerprint density at radius 3 is 2.35 bits per heavy atom. The molecule has 0 saturated heterocycles. The zero-order valence-corrected chi connectivity index (χ0v) is 16.8. The van der Waals surface area contributed by atoms with Crippen LogP contribution in [0.3, 0.4) is 0 Å². The summed E-state index contributed by atoms with van der Waals surface area (Å²) in [7, 11) is -4.43. The molecule has 0 saturated carbocycles. The summed E-state index contributed by atoms with van der Waals surface area (Å²) in [6.45, 7) is -0.367. The first-order valence-electron chi connectivity index (χ1n) is 8.62. The van der Waals surface area contributed by atoms with E-state index in [1.807, 2.05) is 0 Å². The summed E-state index contributed by atoms with van der Waals surface area (Å²) in [5.41, 5.74) is -0.710. The third-order valence-corrected chi connectivity index (χ3v) is 5.22. The lowest BCUT2D eigenvalue weighted by Gasteiger charge is -2.11. The highest BCUT2D eigenvalue weighted by molar-refractivity contribution is 7.89. The van der Waals surface area contributed by atoms with Gasteiger partial charge in [-0.1, -0.05) is 18.2 Å². The average molecular weight is 458 g/mol. The fraction of sp³-hybridized carbons (Fsp3) is 0.211. The Balaban J connectivity index is 1.91. The number of esters is 1. The molecule has 1 amide bonds. The number of para-hydroxylation sites is 1. The summed E-state index contributed by atoms with van der Waals surface area (Å²) in [5.74, 6) is -2.20. The van der Waals surface area contributed by atoms with Crippen LogP contribution in [-0.4, -0.2) is 39.2 Å². The fourth-order valence-corrected chi connectivity index (χ4v) is 3.37. The molecule has 0 radical (unpaired) electrons. The third kappa shape index (κ3) is 6.89. The first kappa shape index (κ1) is 24.0. The largest absolute Gasteiger partial charge is 0.455 e. The van der Waals surface area contributed by atoms with Gasteiger partial charge in [0.05, 0.1) is 16.1 Å². The minimum atomic E-state index is -4.74. The number of nitrogens with one attached hydrogen (secondary N) is 2. The number of halogens is 3. The van der Waals surface area contributed by atoms with Crippen LogP contribution in [0.4, 0.5) is 18.9 Å². The molecule has 31 heavy (non-hydrogen) atoms. The Bertz CT molecular complexity index is 1100. The van der Waals surface area contributed by atoms with Gasteiger partial charge in [-0.25, -0.2) is 8.42 Å². The summed E-state index contributed by atoms with van der Waals surface area (Å²) in [6.07, 6.45) is -4.74. The number of ketones is 1. The minimum Gasteiger partial charge on any atom is -0.455 e. The Morgan fingerprint density at radius 2 is 1.71 bits per heavy atom. The molecule has 0 spiro atoms. The lowest BCUT2D eigenvalue weighted by atomic mass is 10.1. The average Bonchev–Trinajstić information content (AvgIpc) is 2.70. The molecule has 0 atom stereocenters. The molecule has 0 aliphatic rings. The predicted octanol–water partition coefficient (Wildman–Crippen LogP) is 2.37. The summed E-state index contributed by atoms with van der Waals surface area (Å²) < 4.78 is 68.8. The molecule has 2 rings (SSSR count). The van der Waals surface area contributed by atoms with Gasteiger partial charge in [0.1, 0.15) is 6.54 Å². The molecular weight excluding hydrogens is 441 g/mol. The van der Waals surface area contributed by atoms with Crippen LogP contribution < -0.4 is 10.0 Å². The van der Waals surface area contributed by atoms with Gasteiger partial charge in [0.15, 0.2) is 12.4 Å². The SMILES string of the molecule is CC(=O)c1ccccc1NC(=O)COC(=O)CNS(=O)(=O)c1cccc(C(F)(F)F)c1. The zero-order valence-electron chi connectivity index (χ0n) is 16.0. The molecule has 2 aromatic rings. The molecule has 0 fully saturated rings. The smallest absolute Gasteiger partial charge is 0.416 e. The summed E-state index contributed by atoms with van der Waals surface area (Å²) >= 11 is 0. The number of carbonyl (C=O) groups is 3. The highest BCUT2D eigenvalue weighted by Crippen LogP contribution is 2.30.